The monoisotopic (exact) mass is 302 g/mol. The van der Waals surface area contributed by atoms with E-state index in [0.29, 0.717) is 16.8 Å². The Balaban J connectivity index is 2.84. The molecule has 0 atom stereocenters. The van der Waals surface area contributed by atoms with Crippen LogP contribution in [0.3, 0.4) is 0 Å². The highest BCUT2D eigenvalue weighted by Crippen LogP contribution is 2.33. The quantitative estimate of drug-likeness (QED) is 0.515. The molecule has 5 heteroatoms. The van der Waals surface area contributed by atoms with Crippen molar-refractivity contribution in [3.8, 4) is 11.1 Å². The van der Waals surface area contributed by atoms with Crippen LogP contribution in [-0.2, 0) is 6.61 Å². The summed E-state index contributed by atoms with van der Waals surface area (Å²) in [4.78, 5) is 4.53. The molecule has 22 heavy (non-hydrogen) atoms. The van der Waals surface area contributed by atoms with Crippen molar-refractivity contribution >= 4 is 6.21 Å². The van der Waals surface area contributed by atoms with E-state index in [9.17, 15) is 9.50 Å². The molecule has 1 aromatic carbocycles. The lowest BCUT2D eigenvalue weighted by molar-refractivity contribution is 0.280. The summed E-state index contributed by atoms with van der Waals surface area (Å²) in [6.07, 6.45) is 1.30. The Bertz CT molecular complexity index is 695. The first-order valence-electron chi connectivity index (χ1n) is 7.07. The second-order valence-electron chi connectivity index (χ2n) is 5.41. The van der Waals surface area contributed by atoms with Crippen molar-refractivity contribution in [2.45, 2.75) is 33.3 Å². The summed E-state index contributed by atoms with van der Waals surface area (Å²) in [7, 11) is 0. The predicted molar refractivity (Wildman–Crippen MR) is 83.8 cm³/mol. The molecule has 0 aliphatic carbocycles. The Morgan fingerprint density at radius 2 is 1.91 bits per heavy atom. The number of nitrogens with zero attached hydrogens (tertiary/aromatic N) is 2. The molecule has 2 rings (SSSR count). The number of hydrogen-bond donors (Lipinski definition) is 2. The van der Waals surface area contributed by atoms with Crippen molar-refractivity contribution in [3.63, 3.8) is 0 Å². The van der Waals surface area contributed by atoms with Gasteiger partial charge in [0.05, 0.1) is 12.8 Å². The Kier molecular flexibility index (Phi) is 4.88. The number of hydrogen-bond acceptors (Lipinski definition) is 4. The van der Waals surface area contributed by atoms with Crippen LogP contribution in [0.4, 0.5) is 4.39 Å². The first-order chi connectivity index (χ1) is 10.5. The van der Waals surface area contributed by atoms with Crippen LogP contribution >= 0.6 is 0 Å². The van der Waals surface area contributed by atoms with E-state index in [0.717, 1.165) is 16.8 Å². The van der Waals surface area contributed by atoms with E-state index in [4.69, 9.17) is 5.21 Å². The van der Waals surface area contributed by atoms with Gasteiger partial charge in [-0.3, -0.25) is 4.98 Å². The number of oxime groups is 1. The number of benzene rings is 1. The van der Waals surface area contributed by atoms with Gasteiger partial charge in [-0.1, -0.05) is 31.1 Å². The van der Waals surface area contributed by atoms with Crippen LogP contribution in [-0.4, -0.2) is 21.5 Å². The average Bonchev–Trinajstić information content (AvgIpc) is 2.49. The van der Waals surface area contributed by atoms with Gasteiger partial charge in [0, 0.05) is 22.5 Å². The normalized spacial score (nSPS) is 11.5. The van der Waals surface area contributed by atoms with Crippen molar-refractivity contribution in [1.82, 2.24) is 4.98 Å². The van der Waals surface area contributed by atoms with Gasteiger partial charge in [0.2, 0.25) is 0 Å². The first kappa shape index (κ1) is 16.1. The Morgan fingerprint density at radius 3 is 2.41 bits per heavy atom. The Labute approximate surface area is 129 Å². The zero-order valence-corrected chi connectivity index (χ0v) is 12.8. The molecule has 0 saturated heterocycles. The van der Waals surface area contributed by atoms with Gasteiger partial charge in [-0.25, -0.2) is 4.39 Å². The van der Waals surface area contributed by atoms with Crippen molar-refractivity contribution in [3.05, 3.63) is 52.6 Å². The highest BCUT2D eigenvalue weighted by atomic mass is 19.1. The fraction of sp³-hybridized carbons (Fsp3) is 0.294. The molecule has 0 amide bonds. The van der Waals surface area contributed by atoms with E-state index >= 15 is 0 Å². The molecule has 0 fully saturated rings. The van der Waals surface area contributed by atoms with Crippen LogP contribution in [0.25, 0.3) is 11.1 Å². The van der Waals surface area contributed by atoms with Gasteiger partial charge >= 0.3 is 0 Å². The maximum absolute atomic E-state index is 13.2. The highest BCUT2D eigenvalue weighted by molar-refractivity contribution is 5.93. The standard InChI is InChI=1S/C17H19FN2O2/c1-10(2)17-15(9-21)16(12-4-6-13(18)7-5-12)14(8-19-22)11(3)20-17/h4-8,10,21-22H,9H2,1-3H3/b19-8-. The predicted octanol–water partition coefficient (Wildman–Crippen LogP) is 3.62. The first-order valence-corrected chi connectivity index (χ1v) is 7.07. The summed E-state index contributed by atoms with van der Waals surface area (Å²) in [6.45, 7) is 5.61. The third kappa shape index (κ3) is 2.99. The SMILES string of the molecule is Cc1nc(C(C)C)c(CO)c(-c2ccc(F)cc2)c1/C=N\O. The van der Waals surface area contributed by atoms with Crippen LogP contribution in [0.2, 0.25) is 0 Å². The molecule has 0 radical (unpaired) electrons. The molecular formula is C17H19FN2O2. The Hall–Kier alpha value is -2.27. The van der Waals surface area contributed by atoms with Crippen molar-refractivity contribution in [2.24, 2.45) is 5.16 Å². The fourth-order valence-corrected chi connectivity index (χ4v) is 2.58. The lowest BCUT2D eigenvalue weighted by atomic mass is 9.90. The summed E-state index contributed by atoms with van der Waals surface area (Å²) in [5.41, 5.74) is 4.22. The molecule has 4 nitrogen and oxygen atoms in total. The van der Waals surface area contributed by atoms with Gasteiger partial charge in [-0.05, 0) is 36.1 Å². The lowest BCUT2D eigenvalue weighted by Gasteiger charge is -2.19. The van der Waals surface area contributed by atoms with Crippen molar-refractivity contribution < 1.29 is 14.7 Å². The third-order valence-electron chi connectivity index (χ3n) is 3.58. The molecule has 0 unspecified atom stereocenters. The Morgan fingerprint density at radius 1 is 1.27 bits per heavy atom. The maximum Gasteiger partial charge on any atom is 0.123 e. The van der Waals surface area contributed by atoms with Gasteiger partial charge in [-0.15, -0.1) is 0 Å². The van der Waals surface area contributed by atoms with E-state index in [1.807, 2.05) is 20.8 Å². The minimum absolute atomic E-state index is 0.125. The van der Waals surface area contributed by atoms with Gasteiger partial charge < -0.3 is 10.3 Å². The number of rotatable bonds is 4. The zero-order chi connectivity index (χ0) is 16.3. The summed E-state index contributed by atoms with van der Waals surface area (Å²) >= 11 is 0. The number of aliphatic hydroxyl groups is 1. The minimum Gasteiger partial charge on any atom is -0.411 e. The van der Waals surface area contributed by atoms with Gasteiger partial charge in [0.15, 0.2) is 0 Å². The number of aryl methyl sites for hydroxylation is 1. The number of pyridine rings is 1. The van der Waals surface area contributed by atoms with Crippen LogP contribution in [0, 0.1) is 12.7 Å². The van der Waals surface area contributed by atoms with Gasteiger partial charge in [0.1, 0.15) is 5.82 Å². The van der Waals surface area contributed by atoms with E-state index in [1.165, 1.54) is 18.3 Å². The molecule has 1 heterocycles. The summed E-state index contributed by atoms with van der Waals surface area (Å²) in [5, 5.41) is 21.8. The average molecular weight is 302 g/mol. The summed E-state index contributed by atoms with van der Waals surface area (Å²) in [6, 6.07) is 6.01. The molecule has 1 aromatic heterocycles. The van der Waals surface area contributed by atoms with E-state index in [2.05, 4.69) is 10.1 Å². The minimum atomic E-state index is -0.332. The molecule has 0 bridgehead atoms. The van der Waals surface area contributed by atoms with Crippen LogP contribution in [0.5, 0.6) is 0 Å². The van der Waals surface area contributed by atoms with Crippen molar-refractivity contribution in [1.29, 1.82) is 0 Å². The van der Waals surface area contributed by atoms with E-state index < -0.39 is 0 Å². The van der Waals surface area contributed by atoms with E-state index in [-0.39, 0.29) is 18.3 Å². The van der Waals surface area contributed by atoms with Crippen LogP contribution in [0.15, 0.2) is 29.4 Å². The fourth-order valence-electron chi connectivity index (χ4n) is 2.58. The zero-order valence-electron chi connectivity index (χ0n) is 12.8. The molecule has 116 valence electrons. The molecule has 0 aliphatic heterocycles. The summed E-state index contributed by atoms with van der Waals surface area (Å²) < 4.78 is 13.2. The summed E-state index contributed by atoms with van der Waals surface area (Å²) in [5.74, 6) is -0.207. The molecule has 0 spiro atoms. The third-order valence-corrected chi connectivity index (χ3v) is 3.58. The molecular weight excluding hydrogens is 283 g/mol. The smallest absolute Gasteiger partial charge is 0.123 e. The van der Waals surface area contributed by atoms with Crippen LogP contribution in [0.1, 0.15) is 42.3 Å². The highest BCUT2D eigenvalue weighted by Gasteiger charge is 2.19. The van der Waals surface area contributed by atoms with Gasteiger partial charge in [-0.2, -0.15) is 0 Å². The van der Waals surface area contributed by atoms with E-state index in [1.54, 1.807) is 12.1 Å². The lowest BCUT2D eigenvalue weighted by Crippen LogP contribution is -2.09. The van der Waals surface area contributed by atoms with Crippen molar-refractivity contribution in [2.75, 3.05) is 0 Å². The number of halogens is 1. The topological polar surface area (TPSA) is 65.7 Å². The second kappa shape index (κ2) is 6.66. The largest absolute Gasteiger partial charge is 0.411 e. The maximum atomic E-state index is 13.2. The number of aromatic nitrogens is 1. The van der Waals surface area contributed by atoms with Crippen LogP contribution < -0.4 is 0 Å². The molecule has 2 aromatic rings. The molecule has 0 saturated carbocycles. The van der Waals surface area contributed by atoms with Gasteiger partial charge in [0.25, 0.3) is 0 Å². The molecule has 2 N–H and O–H groups in total. The molecule has 0 aliphatic rings. The second-order valence-corrected chi connectivity index (χ2v) is 5.41. The number of aliphatic hydroxyl groups excluding tert-OH is 1.